The first-order chi connectivity index (χ1) is 10.8. The molecule has 0 bridgehead atoms. The number of benzene rings is 2. The predicted octanol–water partition coefficient (Wildman–Crippen LogP) is 3.75. The van der Waals surface area contributed by atoms with Crippen molar-refractivity contribution in [3.05, 3.63) is 64.2 Å². The first-order valence-electron chi connectivity index (χ1n) is 7.41. The van der Waals surface area contributed by atoms with E-state index in [0.717, 1.165) is 16.7 Å². The summed E-state index contributed by atoms with van der Waals surface area (Å²) in [4.78, 5) is 24.6. The van der Waals surface area contributed by atoms with Gasteiger partial charge in [-0.15, -0.1) is 0 Å². The molecule has 1 N–H and O–H groups in total. The maximum Gasteiger partial charge on any atom is 0.338 e. The summed E-state index contributed by atoms with van der Waals surface area (Å²) in [6.07, 6.45) is -0.878. The largest absolute Gasteiger partial charge is 0.508 e. The summed E-state index contributed by atoms with van der Waals surface area (Å²) in [7, 11) is 0. The number of ketones is 1. The summed E-state index contributed by atoms with van der Waals surface area (Å²) in [6, 6.07) is 9.49. The molecule has 0 radical (unpaired) electrons. The van der Waals surface area contributed by atoms with Crippen molar-refractivity contribution in [2.24, 2.45) is 0 Å². The number of hydrogen-bond acceptors (Lipinski definition) is 4. The number of phenolic OH excluding ortho intramolecular Hbond substituents is 1. The van der Waals surface area contributed by atoms with Crippen molar-refractivity contribution in [2.45, 2.75) is 33.8 Å². The van der Waals surface area contributed by atoms with Crippen LogP contribution in [0.25, 0.3) is 0 Å². The number of carbonyl (C=O) groups is 2. The molecular formula is C19H20O4. The zero-order chi connectivity index (χ0) is 17.1. The van der Waals surface area contributed by atoms with Crippen LogP contribution in [0.5, 0.6) is 5.75 Å². The van der Waals surface area contributed by atoms with Crippen molar-refractivity contribution in [3.63, 3.8) is 0 Å². The van der Waals surface area contributed by atoms with E-state index in [1.807, 2.05) is 32.9 Å². The molecule has 0 heterocycles. The van der Waals surface area contributed by atoms with E-state index in [4.69, 9.17) is 4.74 Å². The van der Waals surface area contributed by atoms with E-state index in [-0.39, 0.29) is 11.5 Å². The Kier molecular flexibility index (Phi) is 4.84. The lowest BCUT2D eigenvalue weighted by Crippen LogP contribution is -2.25. The van der Waals surface area contributed by atoms with Crippen LogP contribution in [0.15, 0.2) is 36.4 Å². The SMILES string of the molecule is Cc1cc(C)c(C(=O)[C@H](C)OC(=O)c2ccc(O)cc2)cc1C. The molecule has 4 heteroatoms. The van der Waals surface area contributed by atoms with Gasteiger partial charge in [0.25, 0.3) is 0 Å². The molecule has 23 heavy (non-hydrogen) atoms. The van der Waals surface area contributed by atoms with Crippen molar-refractivity contribution in [2.75, 3.05) is 0 Å². The second kappa shape index (κ2) is 6.65. The monoisotopic (exact) mass is 312 g/mol. The molecule has 0 unspecified atom stereocenters. The van der Waals surface area contributed by atoms with Gasteiger partial charge in [-0.2, -0.15) is 0 Å². The van der Waals surface area contributed by atoms with Crippen molar-refractivity contribution in [3.8, 4) is 5.75 Å². The van der Waals surface area contributed by atoms with Crippen LogP contribution < -0.4 is 0 Å². The molecule has 0 aliphatic rings. The van der Waals surface area contributed by atoms with Crippen LogP contribution in [0, 0.1) is 20.8 Å². The molecule has 2 rings (SSSR count). The lowest BCUT2D eigenvalue weighted by atomic mass is 9.96. The number of carbonyl (C=O) groups excluding carboxylic acids is 2. The third kappa shape index (κ3) is 3.77. The van der Waals surface area contributed by atoms with E-state index in [1.165, 1.54) is 24.3 Å². The van der Waals surface area contributed by atoms with Crippen LogP contribution >= 0.6 is 0 Å². The first kappa shape index (κ1) is 16.7. The Morgan fingerprint density at radius 1 is 0.957 bits per heavy atom. The molecule has 0 amide bonds. The number of hydrogen-bond donors (Lipinski definition) is 1. The molecule has 4 nitrogen and oxygen atoms in total. The Morgan fingerprint density at radius 3 is 2.13 bits per heavy atom. The fourth-order valence-corrected chi connectivity index (χ4v) is 2.32. The van der Waals surface area contributed by atoms with Gasteiger partial charge in [0.2, 0.25) is 5.78 Å². The molecule has 2 aromatic rings. The van der Waals surface area contributed by atoms with Gasteiger partial charge in [0.05, 0.1) is 5.56 Å². The standard InChI is InChI=1S/C19H20O4/c1-11-9-13(3)17(10-12(11)2)18(21)14(4)23-19(22)15-5-7-16(20)8-6-15/h5-10,14,20H,1-4H3/t14-/m0/s1. The van der Waals surface area contributed by atoms with E-state index in [1.54, 1.807) is 6.92 Å². The molecule has 0 saturated heterocycles. The highest BCUT2D eigenvalue weighted by atomic mass is 16.5. The van der Waals surface area contributed by atoms with Crippen LogP contribution in [-0.2, 0) is 4.74 Å². The van der Waals surface area contributed by atoms with Gasteiger partial charge in [-0.3, -0.25) is 4.79 Å². The second-order valence-electron chi connectivity index (χ2n) is 5.71. The van der Waals surface area contributed by atoms with Gasteiger partial charge in [-0.25, -0.2) is 4.79 Å². The van der Waals surface area contributed by atoms with Crippen molar-refractivity contribution < 1.29 is 19.4 Å². The molecular weight excluding hydrogens is 292 g/mol. The van der Waals surface area contributed by atoms with E-state index in [0.29, 0.717) is 11.1 Å². The number of rotatable bonds is 4. The van der Waals surface area contributed by atoms with E-state index in [2.05, 4.69) is 0 Å². The zero-order valence-electron chi connectivity index (χ0n) is 13.7. The van der Waals surface area contributed by atoms with Crippen LogP contribution in [0.1, 0.15) is 44.3 Å². The van der Waals surface area contributed by atoms with Gasteiger partial charge < -0.3 is 9.84 Å². The highest BCUT2D eigenvalue weighted by molar-refractivity contribution is 6.02. The molecule has 0 aliphatic carbocycles. The minimum atomic E-state index is -0.878. The number of aryl methyl sites for hydroxylation is 3. The van der Waals surface area contributed by atoms with Crippen molar-refractivity contribution >= 4 is 11.8 Å². The van der Waals surface area contributed by atoms with Gasteiger partial charge >= 0.3 is 5.97 Å². The topological polar surface area (TPSA) is 63.6 Å². The summed E-state index contributed by atoms with van der Waals surface area (Å²) in [5, 5.41) is 9.23. The molecule has 2 aromatic carbocycles. The number of aromatic hydroxyl groups is 1. The maximum absolute atomic E-state index is 12.5. The van der Waals surface area contributed by atoms with Gasteiger partial charge in [-0.1, -0.05) is 6.07 Å². The highest BCUT2D eigenvalue weighted by Gasteiger charge is 2.22. The Labute approximate surface area is 135 Å². The fourth-order valence-electron chi connectivity index (χ4n) is 2.32. The minimum Gasteiger partial charge on any atom is -0.508 e. The van der Waals surface area contributed by atoms with Crippen molar-refractivity contribution in [1.82, 2.24) is 0 Å². The summed E-state index contributed by atoms with van der Waals surface area (Å²) in [5.41, 5.74) is 3.87. The Hall–Kier alpha value is -2.62. The summed E-state index contributed by atoms with van der Waals surface area (Å²) < 4.78 is 5.25. The lowest BCUT2D eigenvalue weighted by molar-refractivity contribution is 0.0318. The third-order valence-electron chi connectivity index (χ3n) is 3.86. The Morgan fingerprint density at radius 2 is 1.52 bits per heavy atom. The van der Waals surface area contributed by atoms with Gasteiger partial charge in [-0.05, 0) is 74.7 Å². The van der Waals surface area contributed by atoms with Crippen molar-refractivity contribution in [1.29, 1.82) is 0 Å². The molecule has 0 aromatic heterocycles. The number of ether oxygens (including phenoxy) is 1. The normalized spacial score (nSPS) is 11.8. The van der Waals surface area contributed by atoms with Gasteiger partial charge in [0.1, 0.15) is 5.75 Å². The predicted molar refractivity (Wildman–Crippen MR) is 88.0 cm³/mol. The third-order valence-corrected chi connectivity index (χ3v) is 3.86. The smallest absolute Gasteiger partial charge is 0.338 e. The van der Waals surface area contributed by atoms with Gasteiger partial charge in [0, 0.05) is 5.56 Å². The quantitative estimate of drug-likeness (QED) is 0.690. The second-order valence-corrected chi connectivity index (χ2v) is 5.71. The molecule has 0 aliphatic heterocycles. The Balaban J connectivity index is 2.15. The van der Waals surface area contributed by atoms with Crippen LogP contribution in [0.2, 0.25) is 0 Å². The molecule has 120 valence electrons. The highest BCUT2D eigenvalue weighted by Crippen LogP contribution is 2.19. The maximum atomic E-state index is 12.5. The van der Waals surface area contributed by atoms with Crippen LogP contribution in [0.4, 0.5) is 0 Å². The van der Waals surface area contributed by atoms with Gasteiger partial charge in [0.15, 0.2) is 6.10 Å². The average Bonchev–Trinajstić information content (AvgIpc) is 2.50. The molecule has 1 atom stereocenters. The lowest BCUT2D eigenvalue weighted by Gasteiger charge is -2.15. The van der Waals surface area contributed by atoms with E-state index >= 15 is 0 Å². The number of Topliss-reactive ketones (excluding diaryl/α,β-unsaturated/α-hetero) is 1. The number of phenols is 1. The minimum absolute atomic E-state index is 0.0661. The van der Waals surface area contributed by atoms with Crippen LogP contribution in [-0.4, -0.2) is 23.0 Å². The first-order valence-corrected chi connectivity index (χ1v) is 7.41. The van der Waals surface area contributed by atoms with Crippen LogP contribution in [0.3, 0.4) is 0 Å². The molecule has 0 saturated carbocycles. The number of esters is 1. The summed E-state index contributed by atoms with van der Waals surface area (Å²) >= 11 is 0. The fraction of sp³-hybridized carbons (Fsp3) is 0.263. The summed E-state index contributed by atoms with van der Waals surface area (Å²) in [5.74, 6) is -0.749. The Bertz CT molecular complexity index is 745. The van der Waals surface area contributed by atoms with E-state index in [9.17, 15) is 14.7 Å². The summed E-state index contributed by atoms with van der Waals surface area (Å²) in [6.45, 7) is 7.37. The van der Waals surface area contributed by atoms with E-state index < -0.39 is 12.1 Å². The molecule has 0 fully saturated rings. The zero-order valence-corrected chi connectivity index (χ0v) is 13.7. The molecule has 0 spiro atoms. The average molecular weight is 312 g/mol.